The number of piperidine rings is 1. The number of benzene rings is 2. The summed E-state index contributed by atoms with van der Waals surface area (Å²) in [5.74, 6) is 0.273. The third-order valence-corrected chi connectivity index (χ3v) is 7.37. The van der Waals surface area contributed by atoms with Gasteiger partial charge in [0.2, 0.25) is 10.0 Å². The van der Waals surface area contributed by atoms with Gasteiger partial charge in [0.15, 0.2) is 5.78 Å². The van der Waals surface area contributed by atoms with E-state index in [1.54, 1.807) is 0 Å². The third kappa shape index (κ3) is 4.97. The molecule has 2 aromatic carbocycles. The number of rotatable bonds is 7. The molecule has 0 unspecified atom stereocenters. The Balaban J connectivity index is 1.64. The number of nitrogens with one attached hydrogen (secondary N) is 1. The first-order chi connectivity index (χ1) is 14.2. The molecule has 0 bridgehead atoms. The molecule has 1 N–H and O–H groups in total. The van der Waals surface area contributed by atoms with Crippen LogP contribution in [0.4, 0.5) is 11.4 Å². The Hall–Kier alpha value is -2.49. The van der Waals surface area contributed by atoms with Crippen molar-refractivity contribution in [2.45, 2.75) is 24.7 Å². The molecular weight excluding hydrogens is 430 g/mol. The van der Waals surface area contributed by atoms with E-state index in [0.29, 0.717) is 30.3 Å². The van der Waals surface area contributed by atoms with Crippen LogP contribution >= 0.6 is 11.6 Å². The highest BCUT2D eigenvalue weighted by Crippen LogP contribution is 2.27. The average Bonchev–Trinajstić information content (AvgIpc) is 2.72. The molecule has 1 aliphatic rings. The minimum Gasteiger partial charge on any atom is -0.378 e. The lowest BCUT2D eigenvalue weighted by Crippen LogP contribution is -2.37. The first-order valence-electron chi connectivity index (χ1n) is 9.49. The molecule has 0 aliphatic carbocycles. The van der Waals surface area contributed by atoms with Gasteiger partial charge in [-0.25, -0.2) is 8.42 Å². The molecule has 0 radical (unpaired) electrons. The second-order valence-corrected chi connectivity index (χ2v) is 9.66. The van der Waals surface area contributed by atoms with Gasteiger partial charge in [0.25, 0.3) is 5.69 Å². The van der Waals surface area contributed by atoms with Crippen molar-refractivity contribution in [2.24, 2.45) is 5.92 Å². The molecule has 160 valence electrons. The molecule has 0 saturated carbocycles. The van der Waals surface area contributed by atoms with E-state index < -0.39 is 14.9 Å². The average molecular weight is 452 g/mol. The van der Waals surface area contributed by atoms with Crippen LogP contribution in [0.2, 0.25) is 5.02 Å². The van der Waals surface area contributed by atoms with Crippen molar-refractivity contribution in [1.82, 2.24) is 4.31 Å². The Labute approximate surface area is 180 Å². The van der Waals surface area contributed by atoms with Gasteiger partial charge in [-0.1, -0.05) is 18.5 Å². The summed E-state index contributed by atoms with van der Waals surface area (Å²) in [5.41, 5.74) is 0.618. The molecule has 8 nitrogen and oxygen atoms in total. The van der Waals surface area contributed by atoms with Gasteiger partial charge < -0.3 is 5.32 Å². The molecule has 0 amide bonds. The van der Waals surface area contributed by atoms with Gasteiger partial charge in [-0.15, -0.1) is 0 Å². The van der Waals surface area contributed by atoms with Crippen LogP contribution < -0.4 is 5.32 Å². The highest BCUT2D eigenvalue weighted by molar-refractivity contribution is 7.89. The summed E-state index contributed by atoms with van der Waals surface area (Å²) in [4.78, 5) is 22.8. The number of ketones is 1. The van der Waals surface area contributed by atoms with E-state index >= 15 is 0 Å². The fraction of sp³-hybridized carbons (Fsp3) is 0.350. The van der Waals surface area contributed by atoms with Crippen molar-refractivity contribution in [3.8, 4) is 0 Å². The predicted octanol–water partition coefficient (Wildman–Crippen LogP) is 3.96. The molecule has 1 fully saturated rings. The highest BCUT2D eigenvalue weighted by Gasteiger charge is 2.28. The first-order valence-corrected chi connectivity index (χ1v) is 11.3. The van der Waals surface area contributed by atoms with E-state index in [1.165, 1.54) is 46.8 Å². The van der Waals surface area contributed by atoms with E-state index in [0.717, 1.165) is 12.8 Å². The van der Waals surface area contributed by atoms with Crippen LogP contribution in [0.3, 0.4) is 0 Å². The quantitative estimate of drug-likeness (QED) is 0.387. The lowest BCUT2D eigenvalue weighted by atomic mass is 10.0. The molecule has 0 aromatic heterocycles. The van der Waals surface area contributed by atoms with Crippen LogP contribution in [0.15, 0.2) is 47.4 Å². The third-order valence-electron chi connectivity index (χ3n) is 5.15. The van der Waals surface area contributed by atoms with Crippen molar-refractivity contribution >= 4 is 38.8 Å². The molecule has 0 spiro atoms. The molecule has 1 heterocycles. The largest absolute Gasteiger partial charge is 0.378 e. The Kier molecular flexibility index (Phi) is 6.74. The van der Waals surface area contributed by atoms with Crippen molar-refractivity contribution in [2.75, 3.05) is 25.0 Å². The van der Waals surface area contributed by atoms with Gasteiger partial charge in [-0.2, -0.15) is 4.31 Å². The van der Waals surface area contributed by atoms with Crippen LogP contribution in [-0.2, 0) is 10.0 Å². The topological polar surface area (TPSA) is 110 Å². The Bertz CT molecular complexity index is 1050. The van der Waals surface area contributed by atoms with Gasteiger partial charge in [-0.05, 0) is 55.2 Å². The van der Waals surface area contributed by atoms with Gasteiger partial charge >= 0.3 is 0 Å². The van der Waals surface area contributed by atoms with Gasteiger partial charge in [0, 0.05) is 30.4 Å². The van der Waals surface area contributed by atoms with Crippen LogP contribution in [0.1, 0.15) is 30.1 Å². The number of carbonyl (C=O) groups is 1. The second kappa shape index (κ2) is 9.11. The number of carbonyl (C=O) groups excluding carboxylic acids is 1. The summed E-state index contributed by atoms with van der Waals surface area (Å²) in [6, 6.07) is 9.98. The Morgan fingerprint density at radius 3 is 2.40 bits per heavy atom. The number of Topliss-reactive ketones (excluding diaryl/α,β-unsaturated/α-hetero) is 1. The van der Waals surface area contributed by atoms with E-state index in [-0.39, 0.29) is 27.9 Å². The Morgan fingerprint density at radius 2 is 1.83 bits per heavy atom. The number of sulfonamides is 1. The number of hydrogen-bond acceptors (Lipinski definition) is 6. The number of nitro benzene ring substituents is 1. The Morgan fingerprint density at radius 1 is 1.20 bits per heavy atom. The molecule has 2 aromatic rings. The second-order valence-electron chi connectivity index (χ2n) is 7.31. The summed E-state index contributed by atoms with van der Waals surface area (Å²) in [7, 11) is -3.56. The monoisotopic (exact) mass is 451 g/mol. The summed E-state index contributed by atoms with van der Waals surface area (Å²) >= 11 is 5.86. The number of nitrogens with zero attached hydrogens (tertiary/aromatic N) is 2. The molecule has 3 rings (SSSR count). The van der Waals surface area contributed by atoms with Gasteiger partial charge in [-0.3, -0.25) is 14.9 Å². The van der Waals surface area contributed by atoms with E-state index in [9.17, 15) is 23.3 Å². The van der Waals surface area contributed by atoms with E-state index in [4.69, 9.17) is 11.6 Å². The normalized spacial score (nSPS) is 15.7. The maximum absolute atomic E-state index is 12.8. The van der Waals surface area contributed by atoms with Crippen LogP contribution in [0.5, 0.6) is 0 Å². The van der Waals surface area contributed by atoms with E-state index in [1.807, 2.05) is 0 Å². The zero-order chi connectivity index (χ0) is 21.9. The zero-order valence-electron chi connectivity index (χ0n) is 16.4. The minimum atomic E-state index is -3.56. The smallest absolute Gasteiger partial charge is 0.288 e. The number of hydrogen-bond donors (Lipinski definition) is 1. The standard InChI is InChI=1S/C20H22ClN3O5S/c1-14-8-10-23(11-9-14)30(28,29)17-5-2-15(3-6-17)20(25)13-22-16-4-7-19(24(26)27)18(21)12-16/h2-7,12,14,22H,8-11,13H2,1H3. The highest BCUT2D eigenvalue weighted by atomic mass is 35.5. The SMILES string of the molecule is CC1CCN(S(=O)(=O)c2ccc(C(=O)CNc3ccc([N+](=O)[O-])c(Cl)c3)cc2)CC1. The van der Waals surface area contributed by atoms with Crippen molar-refractivity contribution in [3.63, 3.8) is 0 Å². The van der Waals surface area contributed by atoms with Crippen molar-refractivity contribution in [1.29, 1.82) is 0 Å². The first kappa shape index (κ1) is 22.2. The number of anilines is 1. The fourth-order valence-electron chi connectivity index (χ4n) is 3.24. The maximum atomic E-state index is 12.8. The summed E-state index contributed by atoms with van der Waals surface area (Å²) < 4.78 is 27.0. The fourth-order valence-corrected chi connectivity index (χ4v) is 4.96. The van der Waals surface area contributed by atoms with Crippen molar-refractivity contribution in [3.05, 3.63) is 63.2 Å². The number of nitro groups is 1. The molecule has 1 aliphatic heterocycles. The molecule has 30 heavy (non-hydrogen) atoms. The van der Waals surface area contributed by atoms with Crippen LogP contribution in [0.25, 0.3) is 0 Å². The summed E-state index contributed by atoms with van der Waals surface area (Å²) in [6.07, 6.45) is 1.68. The van der Waals surface area contributed by atoms with Crippen LogP contribution in [-0.4, -0.2) is 43.1 Å². The maximum Gasteiger partial charge on any atom is 0.288 e. The molecule has 0 atom stereocenters. The minimum absolute atomic E-state index is 0.0286. The molecular formula is C20H22ClN3O5S. The van der Waals surface area contributed by atoms with Crippen LogP contribution in [0, 0.1) is 16.0 Å². The predicted molar refractivity (Wildman–Crippen MR) is 115 cm³/mol. The number of halogens is 1. The van der Waals surface area contributed by atoms with Gasteiger partial charge in [0.1, 0.15) is 5.02 Å². The lowest BCUT2D eigenvalue weighted by Gasteiger charge is -2.29. The van der Waals surface area contributed by atoms with Crippen molar-refractivity contribution < 1.29 is 18.1 Å². The molecule has 10 heteroatoms. The summed E-state index contributed by atoms with van der Waals surface area (Å²) in [5, 5.41) is 13.6. The molecule has 1 saturated heterocycles. The van der Waals surface area contributed by atoms with Gasteiger partial charge in [0.05, 0.1) is 16.4 Å². The zero-order valence-corrected chi connectivity index (χ0v) is 17.9. The summed E-state index contributed by atoms with van der Waals surface area (Å²) in [6.45, 7) is 3.06. The lowest BCUT2D eigenvalue weighted by molar-refractivity contribution is -0.384. The van der Waals surface area contributed by atoms with E-state index in [2.05, 4.69) is 12.2 Å².